The minimum absolute atomic E-state index is 0.0318. The van der Waals surface area contributed by atoms with Crippen LogP contribution in [0.15, 0.2) is 65.7 Å². The van der Waals surface area contributed by atoms with Crippen molar-refractivity contribution in [3.05, 3.63) is 71.8 Å². The maximum atomic E-state index is 12.3. The Labute approximate surface area is 222 Å². The number of guanidine groups is 1. The van der Waals surface area contributed by atoms with Crippen LogP contribution in [0.5, 0.6) is 0 Å². The molecule has 2 aromatic rings. The lowest BCUT2D eigenvalue weighted by Gasteiger charge is -2.20. The van der Waals surface area contributed by atoms with Gasteiger partial charge in [-0.2, -0.15) is 0 Å². The first-order valence-electron chi connectivity index (χ1n) is 12.3. The van der Waals surface area contributed by atoms with Crippen LogP contribution in [0.1, 0.15) is 51.2 Å². The van der Waals surface area contributed by atoms with E-state index in [0.717, 1.165) is 11.1 Å². The molecule has 0 fully saturated rings. The summed E-state index contributed by atoms with van der Waals surface area (Å²) in [5.41, 5.74) is 0.952. The summed E-state index contributed by atoms with van der Waals surface area (Å²) in [6.07, 6.45) is -0.162. The van der Waals surface area contributed by atoms with Crippen molar-refractivity contribution in [3.63, 3.8) is 0 Å². The molecule has 10 heteroatoms. The molecule has 2 amide bonds. The Morgan fingerprint density at radius 1 is 0.868 bits per heavy atom. The van der Waals surface area contributed by atoms with E-state index in [1.807, 2.05) is 60.7 Å². The van der Waals surface area contributed by atoms with Crippen molar-refractivity contribution < 1.29 is 33.4 Å². The number of alkyl carbamates (subject to hydrolysis) is 2. The lowest BCUT2D eigenvalue weighted by atomic mass is 10.0. The summed E-state index contributed by atoms with van der Waals surface area (Å²) in [4.78, 5) is 52.3. The largest absolute Gasteiger partial charge is 0.460 e. The highest BCUT2D eigenvalue weighted by Crippen LogP contribution is 2.14. The minimum Gasteiger partial charge on any atom is -0.460 e. The summed E-state index contributed by atoms with van der Waals surface area (Å²) >= 11 is 0. The van der Waals surface area contributed by atoms with Crippen LogP contribution in [0.3, 0.4) is 0 Å². The van der Waals surface area contributed by atoms with Crippen LogP contribution in [0.2, 0.25) is 0 Å². The second-order valence-corrected chi connectivity index (χ2v) is 9.43. The molecular weight excluding hydrogens is 490 g/mol. The standard InChI is InChI=1S/C28H35N3O7/c1-28(2,3)38-24(33)17-23(18-32)15-10-16-29-25(30-26(34)36-19-21-11-6-4-7-12-21)31-27(35)37-20-22-13-8-5-9-14-22/h4-9,11-14,18,23H,10,15-17,19-20H2,1-3H3,(H2,29,30,31,34,35)/t23-/m1/s1. The lowest BCUT2D eigenvalue weighted by molar-refractivity contribution is -0.156. The fourth-order valence-electron chi connectivity index (χ4n) is 3.18. The van der Waals surface area contributed by atoms with Crippen LogP contribution < -0.4 is 10.6 Å². The molecule has 204 valence electrons. The lowest BCUT2D eigenvalue weighted by Crippen LogP contribution is -2.44. The molecular formula is C28H35N3O7. The summed E-state index contributed by atoms with van der Waals surface area (Å²) in [6.45, 7) is 5.49. The molecule has 1 atom stereocenters. The Kier molecular flexibility index (Phi) is 12.5. The van der Waals surface area contributed by atoms with Gasteiger partial charge in [0.1, 0.15) is 25.1 Å². The molecule has 0 radical (unpaired) electrons. The van der Waals surface area contributed by atoms with Crippen LogP contribution in [0.25, 0.3) is 0 Å². The van der Waals surface area contributed by atoms with Gasteiger partial charge in [-0.05, 0) is 44.7 Å². The van der Waals surface area contributed by atoms with Gasteiger partial charge < -0.3 is 19.0 Å². The Morgan fingerprint density at radius 2 is 1.37 bits per heavy atom. The van der Waals surface area contributed by atoms with Crippen LogP contribution in [-0.2, 0) is 37.0 Å². The fraction of sp³-hybridized carbons (Fsp3) is 0.393. The third-order valence-corrected chi connectivity index (χ3v) is 4.91. The molecule has 0 heterocycles. The molecule has 2 aromatic carbocycles. The van der Waals surface area contributed by atoms with Crippen molar-refractivity contribution in [3.8, 4) is 0 Å². The van der Waals surface area contributed by atoms with Crippen molar-refractivity contribution in [2.45, 2.75) is 58.8 Å². The molecule has 10 nitrogen and oxygen atoms in total. The Bertz CT molecular complexity index is 1010. The molecule has 0 bridgehead atoms. The molecule has 2 rings (SSSR count). The van der Waals surface area contributed by atoms with E-state index < -0.39 is 29.7 Å². The third-order valence-electron chi connectivity index (χ3n) is 4.91. The Balaban J connectivity index is 1.92. The number of carbonyl (C=O) groups is 4. The highest BCUT2D eigenvalue weighted by atomic mass is 16.6. The maximum absolute atomic E-state index is 12.3. The van der Waals surface area contributed by atoms with Gasteiger partial charge in [0.25, 0.3) is 0 Å². The first-order chi connectivity index (χ1) is 18.1. The van der Waals surface area contributed by atoms with Crippen LogP contribution in [-0.4, -0.2) is 42.5 Å². The number of rotatable bonds is 11. The smallest absolute Gasteiger partial charge is 0.414 e. The zero-order valence-electron chi connectivity index (χ0n) is 22.0. The van der Waals surface area contributed by atoms with E-state index in [1.54, 1.807) is 20.8 Å². The highest BCUT2D eigenvalue weighted by Gasteiger charge is 2.20. The number of nitrogens with zero attached hydrogens (tertiary/aromatic N) is 1. The average molecular weight is 526 g/mol. The van der Waals surface area contributed by atoms with Crippen molar-refractivity contribution in [1.29, 1.82) is 0 Å². The van der Waals surface area contributed by atoms with Gasteiger partial charge in [0.15, 0.2) is 0 Å². The van der Waals surface area contributed by atoms with Gasteiger partial charge in [0.05, 0.1) is 6.42 Å². The van der Waals surface area contributed by atoms with Crippen LogP contribution in [0.4, 0.5) is 9.59 Å². The number of aliphatic imine (C=N–C) groups is 1. The summed E-state index contributed by atoms with van der Waals surface area (Å²) in [6, 6.07) is 18.2. The summed E-state index contributed by atoms with van der Waals surface area (Å²) in [5, 5.41) is 4.82. The SMILES string of the molecule is CC(C)(C)OC(=O)C[C@H](C=O)CCCN=C(NC(=O)OCc1ccccc1)NC(=O)OCc1ccccc1. The number of hydrogen-bond donors (Lipinski definition) is 2. The number of nitrogens with one attached hydrogen (secondary N) is 2. The number of benzene rings is 2. The van der Waals surface area contributed by atoms with Gasteiger partial charge in [0, 0.05) is 12.5 Å². The monoisotopic (exact) mass is 525 g/mol. The summed E-state index contributed by atoms with van der Waals surface area (Å²) in [5.74, 6) is -1.14. The highest BCUT2D eigenvalue weighted by molar-refractivity contribution is 6.01. The molecule has 0 saturated carbocycles. The van der Waals surface area contributed by atoms with Gasteiger partial charge in [-0.25, -0.2) is 9.59 Å². The number of amides is 2. The van der Waals surface area contributed by atoms with Crippen LogP contribution >= 0.6 is 0 Å². The topological polar surface area (TPSA) is 132 Å². The van der Waals surface area contributed by atoms with E-state index in [0.29, 0.717) is 19.1 Å². The number of hydrogen-bond acceptors (Lipinski definition) is 8. The van der Waals surface area contributed by atoms with E-state index in [2.05, 4.69) is 15.6 Å². The second kappa shape index (κ2) is 15.8. The van der Waals surface area contributed by atoms with Gasteiger partial charge in [-0.1, -0.05) is 60.7 Å². The molecule has 0 aliphatic carbocycles. The predicted molar refractivity (Wildman–Crippen MR) is 141 cm³/mol. The van der Waals surface area contributed by atoms with Crippen molar-refractivity contribution in [2.75, 3.05) is 6.54 Å². The number of carbonyl (C=O) groups excluding carboxylic acids is 4. The third kappa shape index (κ3) is 13.2. The molecule has 38 heavy (non-hydrogen) atoms. The fourth-order valence-corrected chi connectivity index (χ4v) is 3.18. The van der Waals surface area contributed by atoms with Crippen molar-refractivity contribution >= 4 is 30.4 Å². The minimum atomic E-state index is -0.813. The molecule has 0 aliphatic rings. The van der Waals surface area contributed by atoms with Crippen molar-refractivity contribution in [1.82, 2.24) is 10.6 Å². The molecule has 0 unspecified atom stereocenters. The van der Waals surface area contributed by atoms with Gasteiger partial charge in [0.2, 0.25) is 5.96 Å². The number of esters is 1. The quantitative estimate of drug-likeness (QED) is 0.110. The van der Waals surface area contributed by atoms with E-state index in [-0.39, 0.29) is 32.1 Å². The number of ether oxygens (including phenoxy) is 3. The van der Waals surface area contributed by atoms with Gasteiger partial charge >= 0.3 is 18.2 Å². The Hall–Kier alpha value is -4.21. The van der Waals surface area contributed by atoms with Gasteiger partial charge in [-0.15, -0.1) is 0 Å². The molecule has 0 saturated heterocycles. The van der Waals surface area contributed by atoms with Gasteiger partial charge in [-0.3, -0.25) is 20.4 Å². The van der Waals surface area contributed by atoms with E-state index in [4.69, 9.17) is 14.2 Å². The first-order valence-corrected chi connectivity index (χ1v) is 12.3. The summed E-state index contributed by atoms with van der Waals surface area (Å²) < 4.78 is 15.7. The normalized spacial score (nSPS) is 11.4. The second-order valence-electron chi connectivity index (χ2n) is 9.43. The zero-order valence-corrected chi connectivity index (χ0v) is 22.0. The van der Waals surface area contributed by atoms with E-state index in [1.165, 1.54) is 0 Å². The van der Waals surface area contributed by atoms with Crippen LogP contribution in [0, 0.1) is 5.92 Å². The molecule has 2 N–H and O–H groups in total. The molecule has 0 spiro atoms. The number of aldehydes is 1. The van der Waals surface area contributed by atoms with E-state index in [9.17, 15) is 19.2 Å². The van der Waals surface area contributed by atoms with E-state index >= 15 is 0 Å². The maximum Gasteiger partial charge on any atom is 0.414 e. The molecule has 0 aliphatic heterocycles. The zero-order chi connectivity index (χ0) is 27.8. The molecule has 0 aromatic heterocycles. The Morgan fingerprint density at radius 3 is 1.82 bits per heavy atom. The first kappa shape index (κ1) is 30.0. The summed E-state index contributed by atoms with van der Waals surface area (Å²) in [7, 11) is 0. The average Bonchev–Trinajstić information content (AvgIpc) is 2.88. The van der Waals surface area contributed by atoms with Crippen molar-refractivity contribution in [2.24, 2.45) is 10.9 Å². The predicted octanol–water partition coefficient (Wildman–Crippen LogP) is 4.52.